The first-order valence-electron chi connectivity index (χ1n) is 7.54. The van der Waals surface area contributed by atoms with E-state index in [2.05, 4.69) is 13.8 Å². The lowest BCUT2D eigenvalue weighted by Gasteiger charge is -2.39. The van der Waals surface area contributed by atoms with E-state index in [-0.39, 0.29) is 11.4 Å². The standard InChI is InChI=1S/C17H26FN/c1-3-13-4-8-15(9-5-13)17(2,19)12-14-6-10-16(18)11-7-14/h6-7,10-11,13,15H,3-5,8-9,12,19H2,1-2H3. The molecular weight excluding hydrogens is 237 g/mol. The molecule has 1 saturated carbocycles. The van der Waals surface area contributed by atoms with Crippen LogP contribution in [-0.2, 0) is 6.42 Å². The lowest BCUT2D eigenvalue weighted by molar-refractivity contribution is 0.182. The summed E-state index contributed by atoms with van der Waals surface area (Å²) in [7, 11) is 0. The summed E-state index contributed by atoms with van der Waals surface area (Å²) in [4.78, 5) is 0. The fraction of sp³-hybridized carbons (Fsp3) is 0.647. The number of nitrogens with two attached hydrogens (primary N) is 1. The molecule has 0 aromatic heterocycles. The Morgan fingerprint density at radius 1 is 1.16 bits per heavy atom. The molecule has 1 aromatic rings. The molecule has 2 N–H and O–H groups in total. The first-order valence-corrected chi connectivity index (χ1v) is 7.54. The molecule has 0 aliphatic heterocycles. The molecule has 0 saturated heterocycles. The Balaban J connectivity index is 1.96. The minimum Gasteiger partial charge on any atom is -0.325 e. The van der Waals surface area contributed by atoms with Gasteiger partial charge in [0.2, 0.25) is 0 Å². The topological polar surface area (TPSA) is 26.0 Å². The van der Waals surface area contributed by atoms with Crippen molar-refractivity contribution in [3.63, 3.8) is 0 Å². The summed E-state index contributed by atoms with van der Waals surface area (Å²) in [6.45, 7) is 4.44. The molecule has 1 atom stereocenters. The molecular formula is C17H26FN. The fourth-order valence-electron chi connectivity index (χ4n) is 3.42. The molecule has 1 nitrogen and oxygen atoms in total. The highest BCUT2D eigenvalue weighted by Gasteiger charge is 2.33. The Labute approximate surface area is 116 Å². The number of hydrogen-bond donors (Lipinski definition) is 1. The highest BCUT2D eigenvalue weighted by atomic mass is 19.1. The van der Waals surface area contributed by atoms with E-state index in [1.54, 1.807) is 0 Å². The molecule has 0 bridgehead atoms. The smallest absolute Gasteiger partial charge is 0.123 e. The summed E-state index contributed by atoms with van der Waals surface area (Å²) < 4.78 is 12.9. The van der Waals surface area contributed by atoms with E-state index < -0.39 is 0 Å². The molecule has 1 fully saturated rings. The first kappa shape index (κ1) is 14.5. The van der Waals surface area contributed by atoms with Gasteiger partial charge in [0.25, 0.3) is 0 Å². The molecule has 2 heteroatoms. The van der Waals surface area contributed by atoms with Gasteiger partial charge in [-0.3, -0.25) is 0 Å². The van der Waals surface area contributed by atoms with E-state index in [4.69, 9.17) is 5.73 Å². The van der Waals surface area contributed by atoms with Gasteiger partial charge in [-0.05, 0) is 55.7 Å². The van der Waals surface area contributed by atoms with Crippen molar-refractivity contribution < 1.29 is 4.39 Å². The minimum absolute atomic E-state index is 0.170. The molecule has 0 spiro atoms. The average molecular weight is 263 g/mol. The SMILES string of the molecule is CCC1CCC(C(C)(N)Cc2ccc(F)cc2)CC1. The molecule has 19 heavy (non-hydrogen) atoms. The third-order valence-electron chi connectivity index (χ3n) is 4.86. The Morgan fingerprint density at radius 2 is 1.74 bits per heavy atom. The van der Waals surface area contributed by atoms with Crippen LogP contribution < -0.4 is 5.73 Å². The van der Waals surface area contributed by atoms with Gasteiger partial charge in [-0.25, -0.2) is 4.39 Å². The molecule has 0 radical (unpaired) electrons. The zero-order valence-corrected chi connectivity index (χ0v) is 12.2. The van der Waals surface area contributed by atoms with Crippen LogP contribution in [0.1, 0.15) is 51.5 Å². The zero-order chi connectivity index (χ0) is 13.9. The van der Waals surface area contributed by atoms with Gasteiger partial charge in [-0.15, -0.1) is 0 Å². The van der Waals surface area contributed by atoms with E-state index in [0.717, 1.165) is 17.9 Å². The predicted octanol–water partition coefficient (Wildman–Crippen LogP) is 4.30. The number of halogens is 1. The second-order valence-corrected chi connectivity index (χ2v) is 6.43. The summed E-state index contributed by atoms with van der Waals surface area (Å²) in [6, 6.07) is 6.77. The van der Waals surface area contributed by atoms with Crippen LogP contribution in [0.5, 0.6) is 0 Å². The van der Waals surface area contributed by atoms with Crippen molar-refractivity contribution in [3.8, 4) is 0 Å². The van der Waals surface area contributed by atoms with Crippen molar-refractivity contribution in [2.45, 2.75) is 57.9 Å². The Kier molecular flexibility index (Phi) is 4.62. The molecule has 1 aliphatic rings. The van der Waals surface area contributed by atoms with Gasteiger partial charge < -0.3 is 5.73 Å². The summed E-state index contributed by atoms with van der Waals surface area (Å²) in [5, 5.41) is 0. The van der Waals surface area contributed by atoms with Crippen LogP contribution in [0.15, 0.2) is 24.3 Å². The van der Waals surface area contributed by atoms with Gasteiger partial charge in [0.15, 0.2) is 0 Å². The van der Waals surface area contributed by atoms with Crippen molar-refractivity contribution >= 4 is 0 Å². The van der Waals surface area contributed by atoms with Crippen molar-refractivity contribution in [3.05, 3.63) is 35.6 Å². The van der Waals surface area contributed by atoms with Crippen molar-refractivity contribution in [1.29, 1.82) is 0 Å². The van der Waals surface area contributed by atoms with Gasteiger partial charge >= 0.3 is 0 Å². The first-order chi connectivity index (χ1) is 9.01. The largest absolute Gasteiger partial charge is 0.325 e. The molecule has 1 aromatic carbocycles. The fourth-order valence-corrected chi connectivity index (χ4v) is 3.42. The highest BCUT2D eigenvalue weighted by Crippen LogP contribution is 2.37. The summed E-state index contributed by atoms with van der Waals surface area (Å²) in [5.41, 5.74) is 7.53. The van der Waals surface area contributed by atoms with E-state index in [1.807, 2.05) is 12.1 Å². The van der Waals surface area contributed by atoms with Gasteiger partial charge in [0, 0.05) is 5.54 Å². The van der Waals surface area contributed by atoms with Gasteiger partial charge in [-0.1, -0.05) is 38.3 Å². The highest BCUT2D eigenvalue weighted by molar-refractivity contribution is 5.19. The number of benzene rings is 1. The van der Waals surface area contributed by atoms with E-state index in [1.165, 1.54) is 44.2 Å². The van der Waals surface area contributed by atoms with Crippen LogP contribution in [0.3, 0.4) is 0 Å². The van der Waals surface area contributed by atoms with Crippen LogP contribution in [0.25, 0.3) is 0 Å². The van der Waals surface area contributed by atoms with E-state index in [0.29, 0.717) is 5.92 Å². The maximum Gasteiger partial charge on any atom is 0.123 e. The summed E-state index contributed by atoms with van der Waals surface area (Å²) >= 11 is 0. The molecule has 106 valence electrons. The maximum absolute atomic E-state index is 12.9. The zero-order valence-electron chi connectivity index (χ0n) is 12.2. The number of rotatable bonds is 4. The van der Waals surface area contributed by atoms with Crippen LogP contribution in [0, 0.1) is 17.7 Å². The second-order valence-electron chi connectivity index (χ2n) is 6.43. The lowest BCUT2D eigenvalue weighted by Crippen LogP contribution is -2.47. The van der Waals surface area contributed by atoms with E-state index in [9.17, 15) is 4.39 Å². The molecule has 2 rings (SSSR count). The minimum atomic E-state index is -0.175. The molecule has 0 amide bonds. The van der Waals surface area contributed by atoms with Gasteiger partial charge in [-0.2, -0.15) is 0 Å². The summed E-state index contributed by atoms with van der Waals surface area (Å²) in [5.74, 6) is 1.32. The predicted molar refractivity (Wildman–Crippen MR) is 78.4 cm³/mol. The van der Waals surface area contributed by atoms with Crippen molar-refractivity contribution in [2.75, 3.05) is 0 Å². The molecule has 0 heterocycles. The van der Waals surface area contributed by atoms with Crippen LogP contribution in [0.4, 0.5) is 4.39 Å². The van der Waals surface area contributed by atoms with E-state index >= 15 is 0 Å². The van der Waals surface area contributed by atoms with Crippen molar-refractivity contribution in [1.82, 2.24) is 0 Å². The Bertz CT molecular complexity index is 388. The lowest BCUT2D eigenvalue weighted by atomic mass is 9.70. The quantitative estimate of drug-likeness (QED) is 0.861. The average Bonchev–Trinajstić information content (AvgIpc) is 2.41. The second kappa shape index (κ2) is 6.04. The van der Waals surface area contributed by atoms with Crippen LogP contribution in [-0.4, -0.2) is 5.54 Å². The van der Waals surface area contributed by atoms with Gasteiger partial charge in [0.1, 0.15) is 5.82 Å². The van der Waals surface area contributed by atoms with Crippen LogP contribution >= 0.6 is 0 Å². The Morgan fingerprint density at radius 3 is 2.26 bits per heavy atom. The monoisotopic (exact) mass is 263 g/mol. The normalized spacial score (nSPS) is 26.9. The third-order valence-corrected chi connectivity index (χ3v) is 4.86. The van der Waals surface area contributed by atoms with Crippen LogP contribution in [0.2, 0.25) is 0 Å². The third kappa shape index (κ3) is 3.79. The maximum atomic E-state index is 12.9. The number of hydrogen-bond acceptors (Lipinski definition) is 1. The Hall–Kier alpha value is -0.890. The van der Waals surface area contributed by atoms with Crippen molar-refractivity contribution in [2.24, 2.45) is 17.6 Å². The molecule has 1 aliphatic carbocycles. The van der Waals surface area contributed by atoms with Gasteiger partial charge in [0.05, 0.1) is 0 Å². The summed E-state index contributed by atoms with van der Waals surface area (Å²) in [6.07, 6.45) is 7.26. The molecule has 1 unspecified atom stereocenters.